The van der Waals surface area contributed by atoms with Crippen LogP contribution in [0.2, 0.25) is 0 Å². The Morgan fingerprint density at radius 3 is 0.929 bits per heavy atom. The maximum atomic E-state index is 13.8. The van der Waals surface area contributed by atoms with E-state index in [4.69, 9.17) is 11.5 Å². The molecule has 0 aliphatic carbocycles. The highest BCUT2D eigenvalue weighted by Crippen LogP contribution is 2.21. The SMILES string of the molecule is Nc1nc(C(=O)N(Cc2ccccc2)Cc2ccccc2)c(N)nc1C(=O)N(Cc1ccccc1)Cc1ccccc1. The van der Waals surface area contributed by atoms with Crippen molar-refractivity contribution in [2.75, 3.05) is 11.5 Å². The van der Waals surface area contributed by atoms with Crippen LogP contribution in [-0.2, 0) is 26.2 Å². The summed E-state index contributed by atoms with van der Waals surface area (Å²) in [5, 5.41) is 0. The molecule has 0 spiro atoms. The van der Waals surface area contributed by atoms with Gasteiger partial charge < -0.3 is 21.3 Å². The van der Waals surface area contributed by atoms with E-state index in [0.717, 1.165) is 22.3 Å². The lowest BCUT2D eigenvalue weighted by Gasteiger charge is -2.25. The number of benzene rings is 4. The number of nitrogen functional groups attached to an aromatic ring is 2. The third-order valence-corrected chi connectivity index (χ3v) is 6.79. The van der Waals surface area contributed by atoms with Crippen LogP contribution in [0.25, 0.3) is 0 Å². The van der Waals surface area contributed by atoms with Crippen LogP contribution in [-0.4, -0.2) is 31.6 Å². The highest BCUT2D eigenvalue weighted by molar-refractivity contribution is 6.00. The minimum atomic E-state index is -0.427. The molecule has 0 aliphatic rings. The molecule has 0 saturated carbocycles. The van der Waals surface area contributed by atoms with Crippen LogP contribution >= 0.6 is 0 Å². The monoisotopic (exact) mass is 556 g/mol. The Bertz CT molecular complexity index is 1420. The number of aromatic nitrogens is 2. The van der Waals surface area contributed by atoms with Crippen molar-refractivity contribution in [1.82, 2.24) is 19.8 Å². The molecule has 5 aromatic rings. The predicted molar refractivity (Wildman–Crippen MR) is 164 cm³/mol. The average molecular weight is 557 g/mol. The third kappa shape index (κ3) is 6.98. The standard InChI is InChI=1S/C34H32N6O2/c35-31-29(33(41)39(21-25-13-5-1-6-14-25)22-26-15-7-2-8-16-26)37-32(36)30(38-31)34(42)40(23-27-17-9-3-10-18-27)24-28-19-11-4-12-20-28/h1-20H,21-24H2,(H2,36,37)(H2,35,38). The summed E-state index contributed by atoms with van der Waals surface area (Å²) in [5.41, 5.74) is 16.2. The van der Waals surface area contributed by atoms with E-state index in [2.05, 4.69) is 9.97 Å². The summed E-state index contributed by atoms with van der Waals surface area (Å²) >= 11 is 0. The van der Waals surface area contributed by atoms with Crippen molar-refractivity contribution in [3.63, 3.8) is 0 Å². The molecule has 5 rings (SSSR count). The lowest BCUT2D eigenvalue weighted by molar-refractivity contribution is 0.0711. The van der Waals surface area contributed by atoms with Crippen molar-refractivity contribution < 1.29 is 9.59 Å². The number of hydrogen-bond acceptors (Lipinski definition) is 6. The molecule has 4 aromatic carbocycles. The summed E-state index contributed by atoms with van der Waals surface area (Å²) < 4.78 is 0. The first-order valence-corrected chi connectivity index (χ1v) is 13.6. The van der Waals surface area contributed by atoms with Gasteiger partial charge in [-0.3, -0.25) is 9.59 Å². The molecule has 8 nitrogen and oxygen atoms in total. The van der Waals surface area contributed by atoms with E-state index in [0.29, 0.717) is 26.2 Å². The fourth-order valence-electron chi connectivity index (χ4n) is 4.69. The van der Waals surface area contributed by atoms with Crippen LogP contribution in [0.15, 0.2) is 121 Å². The zero-order valence-electron chi connectivity index (χ0n) is 23.1. The fraction of sp³-hybridized carbons (Fsp3) is 0.118. The molecular formula is C34H32N6O2. The van der Waals surface area contributed by atoms with E-state index in [1.54, 1.807) is 9.80 Å². The first kappa shape index (κ1) is 28.0. The van der Waals surface area contributed by atoms with Crippen molar-refractivity contribution in [3.05, 3.63) is 155 Å². The van der Waals surface area contributed by atoms with Gasteiger partial charge in [0.15, 0.2) is 23.0 Å². The van der Waals surface area contributed by atoms with Gasteiger partial charge in [-0.1, -0.05) is 121 Å². The highest BCUT2D eigenvalue weighted by atomic mass is 16.2. The minimum absolute atomic E-state index is 0.0893. The molecule has 0 aliphatic heterocycles. The summed E-state index contributed by atoms with van der Waals surface area (Å²) in [5.74, 6) is -1.15. The van der Waals surface area contributed by atoms with E-state index in [9.17, 15) is 9.59 Å². The Hall–Kier alpha value is -5.50. The maximum absolute atomic E-state index is 13.8. The molecule has 1 heterocycles. The van der Waals surface area contributed by atoms with Gasteiger partial charge >= 0.3 is 0 Å². The topological polar surface area (TPSA) is 118 Å². The van der Waals surface area contributed by atoms with E-state index in [1.165, 1.54) is 0 Å². The van der Waals surface area contributed by atoms with Crippen LogP contribution in [0.5, 0.6) is 0 Å². The van der Waals surface area contributed by atoms with Crippen LogP contribution in [0.3, 0.4) is 0 Å². The molecule has 0 unspecified atom stereocenters. The van der Waals surface area contributed by atoms with Gasteiger partial charge in [-0.15, -0.1) is 0 Å². The number of carbonyl (C=O) groups is 2. The summed E-state index contributed by atoms with van der Waals surface area (Å²) in [7, 11) is 0. The number of anilines is 2. The van der Waals surface area contributed by atoms with Crippen molar-refractivity contribution >= 4 is 23.5 Å². The molecule has 4 N–H and O–H groups in total. The predicted octanol–water partition coefficient (Wildman–Crippen LogP) is 5.33. The fourth-order valence-corrected chi connectivity index (χ4v) is 4.69. The van der Waals surface area contributed by atoms with Gasteiger partial charge in [-0.25, -0.2) is 9.97 Å². The van der Waals surface area contributed by atoms with Gasteiger partial charge in [0, 0.05) is 26.2 Å². The van der Waals surface area contributed by atoms with E-state index < -0.39 is 11.8 Å². The van der Waals surface area contributed by atoms with Crippen molar-refractivity contribution in [2.45, 2.75) is 26.2 Å². The summed E-state index contributed by atoms with van der Waals surface area (Å²) in [6.07, 6.45) is 0. The average Bonchev–Trinajstić information content (AvgIpc) is 3.03. The van der Waals surface area contributed by atoms with E-state index in [-0.39, 0.29) is 23.0 Å². The zero-order valence-corrected chi connectivity index (χ0v) is 23.1. The molecule has 8 heteroatoms. The Labute approximate surface area is 245 Å². The molecule has 0 fully saturated rings. The zero-order chi connectivity index (χ0) is 29.3. The van der Waals surface area contributed by atoms with E-state index >= 15 is 0 Å². The normalized spacial score (nSPS) is 10.7. The van der Waals surface area contributed by atoms with Crippen molar-refractivity contribution in [1.29, 1.82) is 0 Å². The Morgan fingerprint density at radius 1 is 0.452 bits per heavy atom. The van der Waals surface area contributed by atoms with Gasteiger partial charge in [0.1, 0.15) is 0 Å². The molecule has 0 radical (unpaired) electrons. The largest absolute Gasteiger partial charge is 0.382 e. The summed E-state index contributed by atoms with van der Waals surface area (Å²) in [6, 6.07) is 38.6. The molecule has 0 bridgehead atoms. The number of amides is 2. The molecule has 42 heavy (non-hydrogen) atoms. The first-order chi connectivity index (χ1) is 20.5. The molecule has 0 saturated heterocycles. The number of rotatable bonds is 10. The van der Waals surface area contributed by atoms with Gasteiger partial charge in [0.05, 0.1) is 0 Å². The molecular weight excluding hydrogens is 524 g/mol. The van der Waals surface area contributed by atoms with Crippen LogP contribution < -0.4 is 11.5 Å². The maximum Gasteiger partial charge on any atom is 0.276 e. The van der Waals surface area contributed by atoms with Gasteiger partial charge in [0.2, 0.25) is 0 Å². The van der Waals surface area contributed by atoms with Crippen LogP contribution in [0.4, 0.5) is 11.6 Å². The van der Waals surface area contributed by atoms with Gasteiger partial charge in [-0.2, -0.15) is 0 Å². The number of hydrogen-bond donors (Lipinski definition) is 2. The number of carbonyl (C=O) groups excluding carboxylic acids is 2. The number of nitrogens with zero attached hydrogens (tertiary/aromatic N) is 4. The molecule has 0 atom stereocenters. The molecule has 1 aromatic heterocycles. The second-order valence-electron chi connectivity index (χ2n) is 9.96. The smallest absolute Gasteiger partial charge is 0.276 e. The van der Waals surface area contributed by atoms with E-state index in [1.807, 2.05) is 121 Å². The lowest BCUT2D eigenvalue weighted by atomic mass is 10.1. The summed E-state index contributed by atoms with van der Waals surface area (Å²) in [4.78, 5) is 39.6. The van der Waals surface area contributed by atoms with Crippen molar-refractivity contribution in [2.24, 2.45) is 0 Å². The minimum Gasteiger partial charge on any atom is -0.382 e. The van der Waals surface area contributed by atoms with Crippen molar-refractivity contribution in [3.8, 4) is 0 Å². The quantitative estimate of drug-likeness (QED) is 0.240. The Kier molecular flexibility index (Phi) is 8.84. The second kappa shape index (κ2) is 13.2. The second-order valence-corrected chi connectivity index (χ2v) is 9.96. The highest BCUT2D eigenvalue weighted by Gasteiger charge is 2.27. The molecule has 2 amide bonds. The van der Waals surface area contributed by atoms with Gasteiger partial charge in [-0.05, 0) is 22.3 Å². The van der Waals surface area contributed by atoms with Crippen LogP contribution in [0.1, 0.15) is 43.2 Å². The third-order valence-electron chi connectivity index (χ3n) is 6.79. The lowest BCUT2D eigenvalue weighted by Crippen LogP contribution is -2.34. The van der Waals surface area contributed by atoms with Crippen LogP contribution in [0, 0.1) is 0 Å². The first-order valence-electron chi connectivity index (χ1n) is 13.6. The van der Waals surface area contributed by atoms with Gasteiger partial charge in [0.25, 0.3) is 11.8 Å². The number of nitrogens with two attached hydrogens (primary N) is 2. The molecule has 210 valence electrons. The Balaban J connectivity index is 1.44. The summed E-state index contributed by atoms with van der Waals surface area (Å²) in [6.45, 7) is 1.33. The Morgan fingerprint density at radius 2 is 0.690 bits per heavy atom.